The van der Waals surface area contributed by atoms with Gasteiger partial charge in [0.1, 0.15) is 18.5 Å². The summed E-state index contributed by atoms with van der Waals surface area (Å²) in [5.41, 5.74) is 12.1. The van der Waals surface area contributed by atoms with Crippen molar-refractivity contribution in [3.8, 4) is 28.6 Å². The number of carbonyl (C=O) groups excluding carboxylic acids is 2. The number of nitrogens with zero attached hydrogens (tertiary/aromatic N) is 6. The van der Waals surface area contributed by atoms with Crippen LogP contribution in [-0.4, -0.2) is 46.6 Å². The van der Waals surface area contributed by atoms with Gasteiger partial charge < -0.3 is 16.2 Å². The number of benzene rings is 2. The summed E-state index contributed by atoms with van der Waals surface area (Å²) in [5, 5.41) is 17.3. The first kappa shape index (κ1) is 24.9. The number of rotatable bonds is 6. The smallest absolute Gasteiger partial charge is 0.251 e. The molecule has 0 radical (unpaired) electrons. The molecular formula is C32H26N8O3. The molecule has 1 aliphatic rings. The molecule has 0 fully saturated rings. The molecule has 1 atom stereocenters. The zero-order chi connectivity index (χ0) is 30.5. The molecule has 1 amide bonds. The SMILES string of the molecule is [2H]C(=O)c1cc(C(=O)N[C@H]2CCc3cc(-n4c(-c5cccnc5N)nc5c(C)cc(-n6cccn6)nc54)ccc32)ccc1O. The van der Waals surface area contributed by atoms with Crippen LogP contribution in [0.4, 0.5) is 5.82 Å². The van der Waals surface area contributed by atoms with Crippen molar-refractivity contribution in [2.24, 2.45) is 0 Å². The maximum Gasteiger partial charge on any atom is 0.251 e. The number of aldehydes is 1. The Kier molecular flexibility index (Phi) is 5.92. The average molecular weight is 572 g/mol. The summed E-state index contributed by atoms with van der Waals surface area (Å²) in [6, 6.07) is 17.2. The topological polar surface area (TPSA) is 154 Å². The summed E-state index contributed by atoms with van der Waals surface area (Å²) >= 11 is 0. The zero-order valence-corrected chi connectivity index (χ0v) is 23.0. The minimum Gasteiger partial charge on any atom is -0.507 e. The Labute approximate surface area is 247 Å². The number of fused-ring (bicyclic) bond motifs is 2. The second kappa shape index (κ2) is 10.2. The van der Waals surface area contributed by atoms with Crippen molar-refractivity contribution in [1.29, 1.82) is 0 Å². The van der Waals surface area contributed by atoms with Crippen LogP contribution in [0.15, 0.2) is 79.3 Å². The lowest BCUT2D eigenvalue weighted by molar-refractivity contribution is 0.0936. The summed E-state index contributed by atoms with van der Waals surface area (Å²) in [6.45, 7) is 1.98. The number of pyridine rings is 2. The van der Waals surface area contributed by atoms with Crippen LogP contribution in [0.3, 0.4) is 0 Å². The highest BCUT2D eigenvalue weighted by atomic mass is 16.3. The lowest BCUT2D eigenvalue weighted by Gasteiger charge is -2.16. The van der Waals surface area contributed by atoms with Gasteiger partial charge in [0.05, 0.1) is 17.2 Å². The Morgan fingerprint density at radius 2 is 2.02 bits per heavy atom. The lowest BCUT2D eigenvalue weighted by atomic mass is 10.1. The van der Waals surface area contributed by atoms with Crippen LogP contribution in [0.5, 0.6) is 5.75 Å². The molecule has 0 unspecified atom stereocenters. The molecule has 6 aromatic rings. The number of nitrogens with one attached hydrogen (secondary N) is 1. The van der Waals surface area contributed by atoms with Gasteiger partial charge in [-0.3, -0.25) is 14.2 Å². The van der Waals surface area contributed by atoms with E-state index in [0.29, 0.717) is 35.1 Å². The molecule has 212 valence electrons. The molecule has 7 rings (SSSR count). The Morgan fingerprint density at radius 3 is 2.81 bits per heavy atom. The van der Waals surface area contributed by atoms with Gasteiger partial charge in [0.2, 0.25) is 0 Å². The van der Waals surface area contributed by atoms with Crippen LogP contribution < -0.4 is 11.1 Å². The highest BCUT2D eigenvalue weighted by Crippen LogP contribution is 2.36. The summed E-state index contributed by atoms with van der Waals surface area (Å²) < 4.78 is 11.0. The van der Waals surface area contributed by atoms with Crippen LogP contribution in [-0.2, 0) is 6.42 Å². The Morgan fingerprint density at radius 1 is 1.14 bits per heavy atom. The van der Waals surface area contributed by atoms with Crippen LogP contribution in [0.25, 0.3) is 34.1 Å². The Hall–Kier alpha value is -5.84. The quantitative estimate of drug-likeness (QED) is 0.247. The normalized spacial score (nSPS) is 14.4. The highest BCUT2D eigenvalue weighted by molar-refractivity contribution is 5.96. The first-order valence-electron chi connectivity index (χ1n) is 14.2. The number of hydrogen-bond acceptors (Lipinski definition) is 8. The molecule has 0 saturated heterocycles. The molecule has 0 saturated carbocycles. The average Bonchev–Trinajstić information content (AvgIpc) is 3.77. The second-order valence-electron chi connectivity index (χ2n) is 10.4. The number of hydrogen-bond donors (Lipinski definition) is 3. The number of aromatic hydroxyl groups is 1. The molecule has 11 heteroatoms. The first-order chi connectivity index (χ1) is 21.3. The van der Waals surface area contributed by atoms with Gasteiger partial charge in [0.25, 0.3) is 5.91 Å². The Balaban J connectivity index is 1.30. The van der Waals surface area contributed by atoms with Gasteiger partial charge in [-0.15, -0.1) is 0 Å². The van der Waals surface area contributed by atoms with E-state index in [9.17, 15) is 14.7 Å². The van der Waals surface area contributed by atoms with Gasteiger partial charge >= 0.3 is 0 Å². The van der Waals surface area contributed by atoms with Gasteiger partial charge in [-0.05, 0) is 91.1 Å². The zero-order valence-electron chi connectivity index (χ0n) is 24.0. The van der Waals surface area contributed by atoms with Crippen LogP contribution >= 0.6 is 0 Å². The third-order valence-electron chi connectivity index (χ3n) is 7.75. The number of phenols is 1. The van der Waals surface area contributed by atoms with Gasteiger partial charge in [-0.2, -0.15) is 5.10 Å². The number of imidazole rings is 1. The van der Waals surface area contributed by atoms with E-state index >= 15 is 0 Å². The van der Waals surface area contributed by atoms with Crippen molar-refractivity contribution >= 4 is 29.2 Å². The summed E-state index contributed by atoms with van der Waals surface area (Å²) in [4.78, 5) is 38.9. The van der Waals surface area contributed by atoms with E-state index in [1.54, 1.807) is 17.1 Å². The van der Waals surface area contributed by atoms with E-state index in [4.69, 9.17) is 17.1 Å². The fourth-order valence-corrected chi connectivity index (χ4v) is 5.63. The summed E-state index contributed by atoms with van der Waals surface area (Å²) in [6.07, 6.45) is 5.52. The number of amides is 1. The molecular weight excluding hydrogens is 544 g/mol. The standard InChI is InChI=1S/C32H26N8O3/c1-18-14-27(39-13-3-12-35-39)37-31-28(18)38-30(24-4-2-11-34-29(24)33)40(31)22-7-8-23-19(16-22)5-9-25(23)36-32(43)20-6-10-26(42)21(15-20)17-41/h2-4,6-8,10-17,25,42H,5,9H2,1H3,(H2,33,34)(H,36,43)/t25-/m0/s1/i17D. The molecule has 1 aliphatic carbocycles. The van der Waals surface area contributed by atoms with E-state index in [1.807, 2.05) is 54.1 Å². The van der Waals surface area contributed by atoms with Crippen LogP contribution in [0.2, 0.25) is 0 Å². The third-order valence-corrected chi connectivity index (χ3v) is 7.75. The van der Waals surface area contributed by atoms with E-state index in [0.717, 1.165) is 34.3 Å². The van der Waals surface area contributed by atoms with Crippen LogP contribution in [0.1, 0.15) is 51.2 Å². The number of nitrogen functional groups attached to an aromatic ring is 1. The summed E-state index contributed by atoms with van der Waals surface area (Å²) in [5.74, 6) is 0.882. The Bertz CT molecular complexity index is 2110. The van der Waals surface area contributed by atoms with Gasteiger partial charge in [-0.25, -0.2) is 19.6 Å². The summed E-state index contributed by atoms with van der Waals surface area (Å²) in [7, 11) is 0. The van der Waals surface area contributed by atoms with Gasteiger partial charge in [0.15, 0.2) is 23.6 Å². The van der Waals surface area contributed by atoms with Crippen molar-refractivity contribution in [3.63, 3.8) is 0 Å². The maximum atomic E-state index is 13.1. The molecule has 43 heavy (non-hydrogen) atoms. The third kappa shape index (κ3) is 4.47. The highest BCUT2D eigenvalue weighted by Gasteiger charge is 2.27. The first-order valence-corrected chi connectivity index (χ1v) is 13.7. The van der Waals surface area contributed by atoms with E-state index in [2.05, 4.69) is 21.5 Å². The van der Waals surface area contributed by atoms with Crippen molar-refractivity contribution < 1.29 is 16.1 Å². The van der Waals surface area contributed by atoms with Crippen LogP contribution in [0, 0.1) is 6.92 Å². The lowest BCUT2D eigenvalue weighted by Crippen LogP contribution is -2.27. The molecule has 4 N–H and O–H groups in total. The number of nitrogens with two attached hydrogens (primary N) is 1. The number of phenolic OH excluding ortho intramolecular Hbond substituents is 1. The number of carbonyl (C=O) groups is 2. The minimum absolute atomic E-state index is 0.196. The monoisotopic (exact) mass is 571 g/mol. The molecule has 0 spiro atoms. The molecule has 4 heterocycles. The van der Waals surface area contributed by atoms with Crippen molar-refractivity contribution in [2.75, 3.05) is 5.73 Å². The number of aryl methyl sites for hydroxylation is 2. The van der Waals surface area contributed by atoms with Crippen molar-refractivity contribution in [3.05, 3.63) is 107 Å². The minimum atomic E-state index is -1.06. The van der Waals surface area contributed by atoms with E-state index in [-0.39, 0.29) is 22.9 Å². The number of aromatic nitrogens is 6. The molecule has 11 nitrogen and oxygen atoms in total. The molecule has 2 aromatic carbocycles. The van der Waals surface area contributed by atoms with E-state index in [1.165, 1.54) is 18.2 Å². The second-order valence-corrected chi connectivity index (χ2v) is 10.4. The van der Waals surface area contributed by atoms with Gasteiger partial charge in [-0.1, -0.05) is 6.07 Å². The maximum absolute atomic E-state index is 13.1. The molecule has 0 bridgehead atoms. The predicted octanol–water partition coefficient (Wildman–Crippen LogP) is 4.49. The van der Waals surface area contributed by atoms with Crippen molar-refractivity contribution in [2.45, 2.75) is 25.8 Å². The van der Waals surface area contributed by atoms with Gasteiger partial charge in [0, 0.05) is 29.8 Å². The van der Waals surface area contributed by atoms with E-state index < -0.39 is 12.2 Å². The molecule has 4 aromatic heterocycles. The molecule has 0 aliphatic heterocycles. The van der Waals surface area contributed by atoms with Crippen molar-refractivity contribution in [1.82, 2.24) is 34.6 Å². The fourth-order valence-electron chi connectivity index (χ4n) is 5.63. The predicted molar refractivity (Wildman–Crippen MR) is 160 cm³/mol. The number of anilines is 1. The fraction of sp³-hybridized carbons (Fsp3) is 0.125. The largest absolute Gasteiger partial charge is 0.507 e.